The van der Waals surface area contributed by atoms with Gasteiger partial charge in [-0.05, 0) is 23.1 Å². The lowest BCUT2D eigenvalue weighted by Crippen LogP contribution is -2.12. The number of benzene rings is 1. The van der Waals surface area contributed by atoms with Crippen LogP contribution in [0.15, 0.2) is 30.9 Å². The first kappa shape index (κ1) is 13.9. The van der Waals surface area contributed by atoms with E-state index in [9.17, 15) is 0 Å². The Morgan fingerprint density at radius 2 is 2.11 bits per heavy atom. The Morgan fingerprint density at radius 1 is 1.32 bits per heavy atom. The Bertz CT molecular complexity index is 532. The Labute approximate surface area is 118 Å². The van der Waals surface area contributed by atoms with Crippen LogP contribution in [-0.2, 0) is 12.0 Å². The Hall–Kier alpha value is -1.55. The van der Waals surface area contributed by atoms with Crippen LogP contribution < -0.4 is 4.74 Å². The van der Waals surface area contributed by atoms with Gasteiger partial charge in [0.1, 0.15) is 25.0 Å². The van der Waals surface area contributed by atoms with Crippen LogP contribution in [0.2, 0.25) is 5.02 Å². The number of nitrogens with zero attached hydrogens (tertiary/aromatic N) is 3. The molecule has 0 saturated carbocycles. The lowest BCUT2D eigenvalue weighted by Gasteiger charge is -2.20. The molecule has 4 nitrogen and oxygen atoms in total. The SMILES string of the molecule is CC(C)(C)c1ccc(OCCn2cncn2)c(Cl)c1. The molecule has 102 valence electrons. The van der Waals surface area contributed by atoms with Crippen LogP contribution in [0.3, 0.4) is 0 Å². The molecule has 0 atom stereocenters. The summed E-state index contributed by atoms with van der Waals surface area (Å²) in [5.41, 5.74) is 1.28. The standard InChI is InChI=1S/C14H18ClN3O/c1-14(2,3)11-4-5-13(12(15)8-11)19-7-6-18-10-16-9-17-18/h4-5,8-10H,6-7H2,1-3H3. The minimum Gasteiger partial charge on any atom is -0.490 e. The fourth-order valence-electron chi connectivity index (χ4n) is 1.68. The maximum Gasteiger partial charge on any atom is 0.138 e. The number of ether oxygens (including phenoxy) is 1. The molecular weight excluding hydrogens is 262 g/mol. The second-order valence-electron chi connectivity index (χ2n) is 5.40. The zero-order valence-electron chi connectivity index (χ0n) is 11.4. The van der Waals surface area contributed by atoms with Crippen LogP contribution in [0.5, 0.6) is 5.75 Å². The van der Waals surface area contributed by atoms with Gasteiger partial charge in [0.25, 0.3) is 0 Å². The first-order chi connectivity index (χ1) is 8.97. The van der Waals surface area contributed by atoms with Gasteiger partial charge in [-0.15, -0.1) is 0 Å². The molecular formula is C14H18ClN3O. The average molecular weight is 280 g/mol. The molecule has 1 heterocycles. The molecule has 0 radical (unpaired) electrons. The van der Waals surface area contributed by atoms with E-state index in [-0.39, 0.29) is 5.41 Å². The van der Waals surface area contributed by atoms with E-state index < -0.39 is 0 Å². The highest BCUT2D eigenvalue weighted by atomic mass is 35.5. The van der Waals surface area contributed by atoms with Crippen molar-refractivity contribution in [2.24, 2.45) is 0 Å². The maximum absolute atomic E-state index is 6.24. The first-order valence-electron chi connectivity index (χ1n) is 6.22. The fourth-order valence-corrected chi connectivity index (χ4v) is 1.92. The molecule has 0 bridgehead atoms. The zero-order valence-corrected chi connectivity index (χ0v) is 12.2. The quantitative estimate of drug-likeness (QED) is 0.862. The third kappa shape index (κ3) is 3.70. The first-order valence-corrected chi connectivity index (χ1v) is 6.60. The molecule has 0 spiro atoms. The van der Waals surface area contributed by atoms with Crippen LogP contribution >= 0.6 is 11.6 Å². The fraction of sp³-hybridized carbons (Fsp3) is 0.429. The summed E-state index contributed by atoms with van der Waals surface area (Å²) in [4.78, 5) is 3.87. The Kier molecular flexibility index (Phi) is 4.10. The van der Waals surface area contributed by atoms with E-state index in [4.69, 9.17) is 16.3 Å². The number of hydrogen-bond acceptors (Lipinski definition) is 3. The van der Waals surface area contributed by atoms with Gasteiger partial charge in [0, 0.05) is 0 Å². The molecule has 0 aliphatic rings. The van der Waals surface area contributed by atoms with Gasteiger partial charge < -0.3 is 4.74 Å². The highest BCUT2D eigenvalue weighted by molar-refractivity contribution is 6.32. The third-order valence-corrected chi connectivity index (χ3v) is 3.14. The predicted octanol–water partition coefficient (Wildman–Crippen LogP) is 3.31. The second kappa shape index (κ2) is 5.61. The van der Waals surface area contributed by atoms with Crippen molar-refractivity contribution in [2.75, 3.05) is 6.61 Å². The largest absolute Gasteiger partial charge is 0.490 e. The summed E-state index contributed by atoms with van der Waals surface area (Å²) in [7, 11) is 0. The number of halogens is 1. The van der Waals surface area contributed by atoms with Crippen molar-refractivity contribution in [2.45, 2.75) is 32.7 Å². The van der Waals surface area contributed by atoms with Crippen LogP contribution in [0.4, 0.5) is 0 Å². The van der Waals surface area contributed by atoms with E-state index in [1.165, 1.54) is 11.9 Å². The van der Waals surface area contributed by atoms with E-state index >= 15 is 0 Å². The molecule has 0 unspecified atom stereocenters. The molecule has 1 aromatic heterocycles. The van der Waals surface area contributed by atoms with Gasteiger partial charge in [-0.3, -0.25) is 0 Å². The lowest BCUT2D eigenvalue weighted by molar-refractivity contribution is 0.291. The van der Waals surface area contributed by atoms with Crippen molar-refractivity contribution in [3.63, 3.8) is 0 Å². The van der Waals surface area contributed by atoms with Crippen molar-refractivity contribution >= 4 is 11.6 Å². The van der Waals surface area contributed by atoms with E-state index in [1.807, 2.05) is 12.1 Å². The summed E-state index contributed by atoms with van der Waals surface area (Å²) in [6.07, 6.45) is 3.17. The molecule has 0 fully saturated rings. The molecule has 0 saturated heterocycles. The summed E-state index contributed by atoms with van der Waals surface area (Å²) in [5.74, 6) is 0.704. The summed E-state index contributed by atoms with van der Waals surface area (Å²) in [5, 5.41) is 4.65. The highest BCUT2D eigenvalue weighted by Crippen LogP contribution is 2.31. The minimum absolute atomic E-state index is 0.0862. The van der Waals surface area contributed by atoms with Gasteiger partial charge in [-0.2, -0.15) is 5.10 Å². The average Bonchev–Trinajstić information content (AvgIpc) is 2.83. The Morgan fingerprint density at radius 3 is 2.68 bits per heavy atom. The van der Waals surface area contributed by atoms with E-state index in [0.29, 0.717) is 23.9 Å². The maximum atomic E-state index is 6.24. The molecule has 0 amide bonds. The predicted molar refractivity (Wildman–Crippen MR) is 75.7 cm³/mol. The molecule has 0 N–H and O–H groups in total. The molecule has 2 rings (SSSR count). The van der Waals surface area contributed by atoms with Crippen molar-refractivity contribution in [3.8, 4) is 5.75 Å². The minimum atomic E-state index is 0.0862. The van der Waals surface area contributed by atoms with Gasteiger partial charge in [-0.25, -0.2) is 9.67 Å². The van der Waals surface area contributed by atoms with E-state index in [0.717, 1.165) is 0 Å². The molecule has 5 heteroatoms. The van der Waals surface area contributed by atoms with E-state index in [1.54, 1.807) is 11.0 Å². The third-order valence-electron chi connectivity index (χ3n) is 2.84. The van der Waals surface area contributed by atoms with Crippen molar-refractivity contribution in [1.29, 1.82) is 0 Å². The normalized spacial score (nSPS) is 11.6. The van der Waals surface area contributed by atoms with Crippen molar-refractivity contribution in [1.82, 2.24) is 14.8 Å². The number of aromatic nitrogens is 3. The summed E-state index contributed by atoms with van der Waals surface area (Å²) < 4.78 is 7.38. The highest BCUT2D eigenvalue weighted by Gasteiger charge is 2.15. The van der Waals surface area contributed by atoms with Gasteiger partial charge in [0.05, 0.1) is 11.6 Å². The second-order valence-corrected chi connectivity index (χ2v) is 5.81. The lowest BCUT2D eigenvalue weighted by atomic mass is 9.87. The summed E-state index contributed by atoms with van der Waals surface area (Å²) >= 11 is 6.24. The monoisotopic (exact) mass is 279 g/mol. The molecule has 1 aromatic carbocycles. The summed E-state index contributed by atoms with van der Waals surface area (Å²) in [6, 6.07) is 5.94. The van der Waals surface area contributed by atoms with Gasteiger partial charge in [-0.1, -0.05) is 38.4 Å². The number of hydrogen-bond donors (Lipinski definition) is 0. The summed E-state index contributed by atoms with van der Waals surface area (Å²) in [6.45, 7) is 7.63. The smallest absolute Gasteiger partial charge is 0.138 e. The molecule has 2 aromatic rings. The van der Waals surface area contributed by atoms with Gasteiger partial charge >= 0.3 is 0 Å². The van der Waals surface area contributed by atoms with E-state index in [2.05, 4.69) is 36.9 Å². The molecule has 19 heavy (non-hydrogen) atoms. The Balaban J connectivity index is 1.97. The van der Waals surface area contributed by atoms with Gasteiger partial charge in [0.2, 0.25) is 0 Å². The van der Waals surface area contributed by atoms with Crippen LogP contribution in [-0.4, -0.2) is 21.4 Å². The number of rotatable bonds is 4. The molecule has 0 aliphatic heterocycles. The van der Waals surface area contributed by atoms with Crippen LogP contribution in [0, 0.1) is 0 Å². The van der Waals surface area contributed by atoms with Crippen molar-refractivity contribution in [3.05, 3.63) is 41.4 Å². The zero-order chi connectivity index (χ0) is 13.9. The van der Waals surface area contributed by atoms with Gasteiger partial charge in [0.15, 0.2) is 0 Å². The molecule has 0 aliphatic carbocycles. The van der Waals surface area contributed by atoms with Crippen LogP contribution in [0.25, 0.3) is 0 Å². The van der Waals surface area contributed by atoms with Crippen LogP contribution in [0.1, 0.15) is 26.3 Å². The van der Waals surface area contributed by atoms with Crippen molar-refractivity contribution < 1.29 is 4.74 Å². The topological polar surface area (TPSA) is 39.9 Å².